The van der Waals surface area contributed by atoms with Gasteiger partial charge in [-0.15, -0.1) is 11.3 Å². The molecule has 0 radical (unpaired) electrons. The molecule has 2 rings (SSSR count). The summed E-state index contributed by atoms with van der Waals surface area (Å²) in [5.74, 6) is 0.213. The molecule has 0 spiro atoms. The normalized spacial score (nSPS) is 12.4. The lowest BCUT2D eigenvalue weighted by Crippen LogP contribution is -2.20. The van der Waals surface area contributed by atoms with E-state index in [9.17, 15) is 5.11 Å². The third-order valence-electron chi connectivity index (χ3n) is 3.19. The molecule has 0 aliphatic rings. The van der Waals surface area contributed by atoms with Crippen molar-refractivity contribution in [2.24, 2.45) is 5.92 Å². The van der Waals surface area contributed by atoms with Gasteiger partial charge in [0.25, 0.3) is 0 Å². The summed E-state index contributed by atoms with van der Waals surface area (Å²) in [5.41, 5.74) is 2.59. The van der Waals surface area contributed by atoms with Gasteiger partial charge in [0.1, 0.15) is 0 Å². The highest BCUT2D eigenvalue weighted by atomic mass is 32.1. The molecule has 2 aromatic rings. The fourth-order valence-electron chi connectivity index (χ4n) is 2.02. The van der Waals surface area contributed by atoms with Gasteiger partial charge in [0.05, 0.1) is 0 Å². The highest BCUT2D eigenvalue weighted by Crippen LogP contribution is 2.18. The molecule has 1 aromatic heterocycles. The molecule has 3 nitrogen and oxygen atoms in total. The fourth-order valence-corrected chi connectivity index (χ4v) is 2.69. The Kier molecular flexibility index (Phi) is 4.93. The second kappa shape index (κ2) is 6.68. The zero-order valence-electron chi connectivity index (χ0n) is 11.4. The smallest absolute Gasteiger partial charge is 0.182 e. The van der Waals surface area contributed by atoms with E-state index in [0.717, 1.165) is 18.1 Å². The number of rotatable bonds is 6. The Hall–Kier alpha value is -1.39. The lowest BCUT2D eigenvalue weighted by Gasteiger charge is -2.16. The lowest BCUT2D eigenvalue weighted by molar-refractivity contribution is 0.232. The quantitative estimate of drug-likeness (QED) is 0.852. The second-order valence-electron chi connectivity index (χ2n) is 4.84. The van der Waals surface area contributed by atoms with Gasteiger partial charge in [-0.1, -0.05) is 24.3 Å². The highest BCUT2D eigenvalue weighted by Gasteiger charge is 2.10. The topological polar surface area (TPSA) is 45.2 Å². The molecule has 102 valence electrons. The third kappa shape index (κ3) is 4.04. The Morgan fingerprint density at radius 2 is 2.11 bits per heavy atom. The minimum Gasteiger partial charge on any atom is -0.396 e. The molecule has 0 amide bonds. The van der Waals surface area contributed by atoms with E-state index in [1.165, 1.54) is 16.0 Å². The van der Waals surface area contributed by atoms with Gasteiger partial charge in [0, 0.05) is 30.1 Å². The number of hydrogen-bond acceptors (Lipinski definition) is 4. The van der Waals surface area contributed by atoms with Gasteiger partial charge < -0.3 is 10.4 Å². The molecule has 1 aromatic carbocycles. The van der Waals surface area contributed by atoms with Crippen LogP contribution >= 0.6 is 11.3 Å². The number of nitrogens with one attached hydrogen (secondary N) is 1. The first-order valence-electron chi connectivity index (χ1n) is 6.50. The number of benzene rings is 1. The van der Waals surface area contributed by atoms with E-state index in [1.54, 1.807) is 11.3 Å². The van der Waals surface area contributed by atoms with Crippen molar-refractivity contribution in [3.8, 4) is 0 Å². The minimum absolute atomic E-state index is 0.186. The van der Waals surface area contributed by atoms with Gasteiger partial charge in [-0.3, -0.25) is 0 Å². The Morgan fingerprint density at radius 1 is 1.32 bits per heavy atom. The van der Waals surface area contributed by atoms with Crippen molar-refractivity contribution in [1.82, 2.24) is 4.98 Å². The van der Waals surface area contributed by atoms with Gasteiger partial charge in [0.2, 0.25) is 0 Å². The average molecular weight is 276 g/mol. The van der Waals surface area contributed by atoms with Gasteiger partial charge in [-0.05, 0) is 31.4 Å². The van der Waals surface area contributed by atoms with Crippen molar-refractivity contribution in [3.63, 3.8) is 0 Å². The van der Waals surface area contributed by atoms with Crippen LogP contribution in [0.4, 0.5) is 5.13 Å². The number of anilines is 1. The second-order valence-corrected chi connectivity index (χ2v) is 6.07. The number of aryl methyl sites for hydroxylation is 2. The summed E-state index contributed by atoms with van der Waals surface area (Å²) in [6, 6.07) is 8.34. The summed E-state index contributed by atoms with van der Waals surface area (Å²) in [6.45, 7) is 5.09. The molecule has 0 fully saturated rings. The zero-order valence-corrected chi connectivity index (χ0v) is 12.2. The van der Waals surface area contributed by atoms with Gasteiger partial charge in [0.15, 0.2) is 5.13 Å². The maximum atomic E-state index is 9.50. The fraction of sp³-hybridized carbons (Fsp3) is 0.400. The van der Waals surface area contributed by atoms with E-state index in [2.05, 4.69) is 29.4 Å². The molecular formula is C15H20N2OS. The van der Waals surface area contributed by atoms with Crippen molar-refractivity contribution in [1.29, 1.82) is 0 Å². The maximum Gasteiger partial charge on any atom is 0.182 e. The van der Waals surface area contributed by atoms with Crippen LogP contribution in [0.15, 0.2) is 30.5 Å². The molecule has 0 aliphatic carbocycles. The molecule has 2 N–H and O–H groups in total. The van der Waals surface area contributed by atoms with E-state index in [4.69, 9.17) is 0 Å². The first-order chi connectivity index (χ1) is 9.19. The predicted molar refractivity (Wildman–Crippen MR) is 80.8 cm³/mol. The number of aromatic nitrogens is 1. The van der Waals surface area contributed by atoms with Crippen LogP contribution in [0.5, 0.6) is 0 Å². The highest BCUT2D eigenvalue weighted by molar-refractivity contribution is 7.15. The third-order valence-corrected chi connectivity index (χ3v) is 4.06. The van der Waals surface area contributed by atoms with Crippen LogP contribution in [0.2, 0.25) is 0 Å². The van der Waals surface area contributed by atoms with Crippen molar-refractivity contribution < 1.29 is 5.11 Å². The molecule has 19 heavy (non-hydrogen) atoms. The van der Waals surface area contributed by atoms with Crippen LogP contribution in [0.25, 0.3) is 0 Å². The van der Waals surface area contributed by atoms with E-state index < -0.39 is 0 Å². The molecule has 1 unspecified atom stereocenters. The molecule has 0 aliphatic heterocycles. The standard InChI is InChI=1S/C15H20N2OS/c1-11-5-3-4-6-14(11)7-13(10-18)9-17-15-16-8-12(2)19-15/h3-6,8,13,18H,7,9-10H2,1-2H3,(H,16,17). The molecule has 1 heterocycles. The molecule has 1 atom stereocenters. The van der Waals surface area contributed by atoms with Crippen LogP contribution < -0.4 is 5.32 Å². The van der Waals surface area contributed by atoms with Crippen LogP contribution in [-0.4, -0.2) is 23.2 Å². The number of nitrogens with zero attached hydrogens (tertiary/aromatic N) is 1. The van der Waals surface area contributed by atoms with Gasteiger partial charge in [-0.25, -0.2) is 4.98 Å². The van der Waals surface area contributed by atoms with Crippen LogP contribution in [-0.2, 0) is 6.42 Å². The first kappa shape index (κ1) is 14.0. The molecular weight excluding hydrogens is 256 g/mol. The molecule has 4 heteroatoms. The van der Waals surface area contributed by atoms with E-state index in [-0.39, 0.29) is 12.5 Å². The summed E-state index contributed by atoms with van der Waals surface area (Å²) in [4.78, 5) is 5.47. The Balaban J connectivity index is 1.92. The number of aliphatic hydroxyl groups excluding tert-OH is 1. The van der Waals surface area contributed by atoms with E-state index >= 15 is 0 Å². The number of aliphatic hydroxyl groups is 1. The summed E-state index contributed by atoms with van der Waals surface area (Å²) >= 11 is 1.65. The summed E-state index contributed by atoms with van der Waals surface area (Å²) in [7, 11) is 0. The van der Waals surface area contributed by atoms with Crippen molar-refractivity contribution in [2.75, 3.05) is 18.5 Å². The SMILES string of the molecule is Cc1cnc(NCC(CO)Cc2ccccc2C)s1. The van der Waals surface area contributed by atoms with E-state index in [1.807, 2.05) is 25.3 Å². The maximum absolute atomic E-state index is 9.50. The summed E-state index contributed by atoms with van der Waals surface area (Å²) in [6.07, 6.45) is 2.75. The van der Waals surface area contributed by atoms with Crippen molar-refractivity contribution in [2.45, 2.75) is 20.3 Å². The van der Waals surface area contributed by atoms with Gasteiger partial charge >= 0.3 is 0 Å². The average Bonchev–Trinajstić information content (AvgIpc) is 2.82. The van der Waals surface area contributed by atoms with Crippen LogP contribution in [0.3, 0.4) is 0 Å². The molecule has 0 saturated heterocycles. The monoisotopic (exact) mass is 276 g/mol. The van der Waals surface area contributed by atoms with Crippen LogP contribution in [0.1, 0.15) is 16.0 Å². The Bertz CT molecular complexity index is 524. The number of hydrogen-bond donors (Lipinski definition) is 2. The van der Waals surface area contributed by atoms with Crippen molar-refractivity contribution in [3.05, 3.63) is 46.5 Å². The van der Waals surface area contributed by atoms with Crippen molar-refractivity contribution >= 4 is 16.5 Å². The predicted octanol–water partition coefficient (Wildman–Crippen LogP) is 3.02. The Labute approximate surface area is 118 Å². The summed E-state index contributed by atoms with van der Waals surface area (Å²) in [5, 5.41) is 13.7. The van der Waals surface area contributed by atoms with Crippen LogP contribution in [0, 0.1) is 19.8 Å². The Morgan fingerprint density at radius 3 is 2.74 bits per heavy atom. The zero-order chi connectivity index (χ0) is 13.7. The molecule has 0 bridgehead atoms. The summed E-state index contributed by atoms with van der Waals surface area (Å²) < 4.78 is 0. The molecule has 0 saturated carbocycles. The lowest BCUT2D eigenvalue weighted by atomic mass is 9.97. The largest absolute Gasteiger partial charge is 0.396 e. The first-order valence-corrected chi connectivity index (χ1v) is 7.32. The van der Waals surface area contributed by atoms with E-state index in [0.29, 0.717) is 0 Å². The minimum atomic E-state index is 0.186. The van der Waals surface area contributed by atoms with Gasteiger partial charge in [-0.2, -0.15) is 0 Å². The number of thiazole rings is 1.